The maximum absolute atomic E-state index is 11.0. The number of likely N-dealkylation sites (tertiary alicyclic amines) is 1. The summed E-state index contributed by atoms with van der Waals surface area (Å²) in [5.41, 5.74) is 0.0206. The number of methoxy groups -OCH3 is 1. The van der Waals surface area contributed by atoms with Crippen molar-refractivity contribution in [2.24, 2.45) is 5.41 Å². The molecule has 2 N–H and O–H groups in total. The summed E-state index contributed by atoms with van der Waals surface area (Å²) in [7, 11) is 1.68. The summed E-state index contributed by atoms with van der Waals surface area (Å²) in [6, 6.07) is -0.291. The molecular weight excluding hydrogens is 307 g/mol. The lowest BCUT2D eigenvalue weighted by atomic mass is 9.93. The van der Waals surface area contributed by atoms with E-state index in [2.05, 4.69) is 18.7 Å². The van der Waals surface area contributed by atoms with Gasteiger partial charge in [-0.15, -0.1) is 0 Å². The van der Waals surface area contributed by atoms with Crippen LogP contribution in [-0.2, 0) is 14.3 Å². The van der Waals surface area contributed by atoms with Crippen molar-refractivity contribution in [3.63, 3.8) is 0 Å². The number of rotatable bonds is 5. The average Bonchev–Trinajstić information content (AvgIpc) is 2.75. The molecule has 0 bridgehead atoms. The Morgan fingerprint density at radius 3 is 2.14 bits per heavy atom. The van der Waals surface area contributed by atoms with Crippen LogP contribution in [0.25, 0.3) is 0 Å². The van der Waals surface area contributed by atoms with Crippen LogP contribution in [0, 0.1) is 5.41 Å². The molecule has 22 heavy (non-hydrogen) atoms. The van der Waals surface area contributed by atoms with Crippen molar-refractivity contribution in [3.05, 3.63) is 0 Å². The molecule has 0 spiro atoms. The summed E-state index contributed by atoms with van der Waals surface area (Å²) in [4.78, 5) is 21.9. The topological polar surface area (TPSA) is 87.1 Å². The zero-order valence-corrected chi connectivity index (χ0v) is 12.8. The molecule has 9 heteroatoms. The first-order chi connectivity index (χ1) is 9.90. The third kappa shape index (κ3) is 7.60. The maximum Gasteiger partial charge on any atom is 0.490 e. The first-order valence-corrected chi connectivity index (χ1v) is 6.66. The van der Waals surface area contributed by atoms with Crippen LogP contribution in [0.2, 0.25) is 0 Å². The molecule has 1 atom stereocenters. The highest BCUT2D eigenvalue weighted by Gasteiger charge is 2.38. The van der Waals surface area contributed by atoms with Crippen LogP contribution in [0.5, 0.6) is 0 Å². The van der Waals surface area contributed by atoms with Crippen LogP contribution in [0.15, 0.2) is 0 Å². The van der Waals surface area contributed by atoms with Gasteiger partial charge in [0.2, 0.25) is 0 Å². The van der Waals surface area contributed by atoms with Crippen molar-refractivity contribution < 1.29 is 37.7 Å². The lowest BCUT2D eigenvalue weighted by Gasteiger charge is -2.31. The highest BCUT2D eigenvalue weighted by Crippen LogP contribution is 2.24. The number of hydrogen-bond donors (Lipinski definition) is 2. The first-order valence-electron chi connectivity index (χ1n) is 6.66. The second-order valence-corrected chi connectivity index (χ2v) is 5.87. The van der Waals surface area contributed by atoms with E-state index in [0.29, 0.717) is 6.61 Å². The number of halogens is 3. The predicted molar refractivity (Wildman–Crippen MR) is 71.6 cm³/mol. The van der Waals surface area contributed by atoms with Crippen LogP contribution < -0.4 is 0 Å². The summed E-state index contributed by atoms with van der Waals surface area (Å²) < 4.78 is 36.9. The summed E-state index contributed by atoms with van der Waals surface area (Å²) in [5, 5.41) is 16.2. The van der Waals surface area contributed by atoms with Gasteiger partial charge in [-0.3, -0.25) is 9.69 Å². The number of carboxylic acids is 2. The van der Waals surface area contributed by atoms with Crippen molar-refractivity contribution in [1.29, 1.82) is 0 Å². The number of nitrogens with zero attached hydrogens (tertiary/aromatic N) is 1. The Bertz CT molecular complexity index is 384. The third-order valence-corrected chi connectivity index (χ3v) is 3.06. The van der Waals surface area contributed by atoms with Gasteiger partial charge in [0.05, 0.1) is 6.61 Å². The minimum atomic E-state index is -5.08. The quantitative estimate of drug-likeness (QED) is 0.800. The van der Waals surface area contributed by atoms with E-state index in [1.54, 1.807) is 7.11 Å². The van der Waals surface area contributed by atoms with Gasteiger partial charge < -0.3 is 14.9 Å². The zero-order chi connectivity index (χ0) is 17.6. The van der Waals surface area contributed by atoms with E-state index in [9.17, 15) is 18.0 Å². The monoisotopic (exact) mass is 329 g/mol. The Balaban J connectivity index is 0.000000534. The third-order valence-electron chi connectivity index (χ3n) is 3.06. The Morgan fingerprint density at radius 2 is 1.77 bits per heavy atom. The van der Waals surface area contributed by atoms with E-state index in [0.717, 1.165) is 25.9 Å². The summed E-state index contributed by atoms with van der Waals surface area (Å²) in [5.74, 6) is -3.45. The van der Waals surface area contributed by atoms with Crippen LogP contribution in [0.1, 0.15) is 26.7 Å². The van der Waals surface area contributed by atoms with Crippen molar-refractivity contribution in [1.82, 2.24) is 4.90 Å². The van der Waals surface area contributed by atoms with Crippen LogP contribution >= 0.6 is 0 Å². The smallest absolute Gasteiger partial charge is 0.480 e. The minimum Gasteiger partial charge on any atom is -0.480 e. The van der Waals surface area contributed by atoms with Gasteiger partial charge in [-0.2, -0.15) is 13.2 Å². The Morgan fingerprint density at radius 1 is 1.27 bits per heavy atom. The fourth-order valence-electron chi connectivity index (χ4n) is 2.28. The van der Waals surface area contributed by atoms with Gasteiger partial charge >= 0.3 is 18.1 Å². The van der Waals surface area contributed by atoms with Gasteiger partial charge in [0.15, 0.2) is 0 Å². The Labute approximate surface area is 126 Å². The van der Waals surface area contributed by atoms with Crippen LogP contribution in [0.4, 0.5) is 13.2 Å². The minimum absolute atomic E-state index is 0.0206. The number of carboxylic acid groups (broad SMARTS) is 2. The second-order valence-electron chi connectivity index (χ2n) is 5.87. The van der Waals surface area contributed by atoms with Gasteiger partial charge in [0.25, 0.3) is 0 Å². The van der Waals surface area contributed by atoms with E-state index < -0.39 is 18.1 Å². The number of aliphatic carboxylic acids is 2. The lowest BCUT2D eigenvalue weighted by Crippen LogP contribution is -2.43. The predicted octanol–water partition coefficient (Wildman–Crippen LogP) is 1.84. The fraction of sp³-hybridized carbons (Fsp3) is 0.846. The van der Waals surface area contributed by atoms with Gasteiger partial charge in [-0.1, -0.05) is 13.8 Å². The molecule has 0 aliphatic carbocycles. The largest absolute Gasteiger partial charge is 0.490 e. The molecule has 130 valence electrons. The maximum atomic E-state index is 11.0. The van der Waals surface area contributed by atoms with Gasteiger partial charge in [0, 0.05) is 19.1 Å². The van der Waals surface area contributed by atoms with Crippen molar-refractivity contribution in [2.45, 2.75) is 38.9 Å². The first kappa shape index (κ1) is 20.6. The van der Waals surface area contributed by atoms with Crippen LogP contribution in [-0.4, -0.2) is 66.1 Å². The summed E-state index contributed by atoms with van der Waals surface area (Å²) in [6.07, 6.45) is -3.32. The molecule has 1 rings (SSSR count). The van der Waals surface area contributed by atoms with E-state index in [4.69, 9.17) is 19.7 Å². The molecule has 0 aromatic carbocycles. The van der Waals surface area contributed by atoms with E-state index in [1.807, 2.05) is 0 Å². The summed E-state index contributed by atoms with van der Waals surface area (Å²) in [6.45, 7) is 6.55. The second kappa shape index (κ2) is 8.33. The number of hydrogen-bond acceptors (Lipinski definition) is 4. The Hall–Kier alpha value is -1.35. The van der Waals surface area contributed by atoms with Crippen molar-refractivity contribution in [3.8, 4) is 0 Å². The number of alkyl halides is 3. The molecule has 0 amide bonds. The average molecular weight is 329 g/mol. The molecule has 1 unspecified atom stereocenters. The molecule has 1 heterocycles. The standard InChI is InChI=1S/C11H21NO3.C2HF3O2/c1-11(2,8-15-3)7-12-6-4-5-9(12)10(13)14;3-2(4,5)1(6)7/h9H,4-8H2,1-3H3,(H,13,14);(H,6,7). The van der Waals surface area contributed by atoms with E-state index in [-0.39, 0.29) is 11.5 Å². The highest BCUT2D eigenvalue weighted by atomic mass is 19.4. The zero-order valence-electron chi connectivity index (χ0n) is 12.8. The van der Waals surface area contributed by atoms with E-state index in [1.165, 1.54) is 0 Å². The normalized spacial score (nSPS) is 19.5. The molecular formula is C13H22F3NO5. The molecule has 0 aromatic rings. The molecule has 0 aromatic heterocycles. The van der Waals surface area contributed by atoms with Crippen LogP contribution in [0.3, 0.4) is 0 Å². The molecule has 1 saturated heterocycles. The number of carbonyl (C=O) groups is 2. The molecule has 1 aliphatic rings. The van der Waals surface area contributed by atoms with Gasteiger partial charge in [0.1, 0.15) is 6.04 Å². The molecule has 1 aliphatic heterocycles. The van der Waals surface area contributed by atoms with Gasteiger partial charge in [-0.25, -0.2) is 4.79 Å². The van der Waals surface area contributed by atoms with Gasteiger partial charge in [-0.05, 0) is 19.4 Å². The van der Waals surface area contributed by atoms with Crippen molar-refractivity contribution >= 4 is 11.9 Å². The van der Waals surface area contributed by atoms with Crippen molar-refractivity contribution in [2.75, 3.05) is 26.8 Å². The fourth-order valence-corrected chi connectivity index (χ4v) is 2.28. The SMILES string of the molecule is COCC(C)(C)CN1CCCC1C(=O)O.O=C(O)C(F)(F)F. The number of ether oxygens (including phenoxy) is 1. The highest BCUT2D eigenvalue weighted by molar-refractivity contribution is 5.73. The lowest BCUT2D eigenvalue weighted by molar-refractivity contribution is -0.192. The molecule has 0 saturated carbocycles. The summed E-state index contributed by atoms with van der Waals surface area (Å²) >= 11 is 0. The molecule has 6 nitrogen and oxygen atoms in total. The Kier molecular flexibility index (Phi) is 7.82. The molecule has 0 radical (unpaired) electrons. The molecule has 1 fully saturated rings. The van der Waals surface area contributed by atoms with E-state index >= 15 is 0 Å².